The van der Waals surface area contributed by atoms with Crippen molar-refractivity contribution in [3.8, 4) is 0 Å². The average Bonchev–Trinajstić information content (AvgIpc) is 2.77. The lowest BCUT2D eigenvalue weighted by Crippen LogP contribution is -2.32. The van der Waals surface area contributed by atoms with Crippen molar-refractivity contribution in [3.63, 3.8) is 0 Å². The number of nitrogens with one attached hydrogen (secondary N) is 1. The van der Waals surface area contributed by atoms with Gasteiger partial charge in [0.15, 0.2) is 0 Å². The Bertz CT molecular complexity index is 528. The SMILES string of the molecule is CC(C)(C)[C@H]1CCc2sc(C(=O)NCC(N)=O)cc2C1. The van der Waals surface area contributed by atoms with Crippen LogP contribution in [0.2, 0.25) is 0 Å². The molecule has 1 aromatic rings. The van der Waals surface area contributed by atoms with E-state index in [1.54, 1.807) is 11.3 Å². The number of aryl methyl sites for hydroxylation is 1. The van der Waals surface area contributed by atoms with Gasteiger partial charge in [0.25, 0.3) is 5.91 Å². The first-order valence-electron chi connectivity index (χ1n) is 6.95. The van der Waals surface area contributed by atoms with E-state index < -0.39 is 5.91 Å². The molecule has 1 heterocycles. The van der Waals surface area contributed by atoms with Crippen LogP contribution in [0.15, 0.2) is 6.07 Å². The summed E-state index contributed by atoms with van der Waals surface area (Å²) in [5.41, 5.74) is 6.63. The summed E-state index contributed by atoms with van der Waals surface area (Å²) in [6.07, 6.45) is 3.27. The number of hydrogen-bond donors (Lipinski definition) is 2. The van der Waals surface area contributed by atoms with E-state index in [-0.39, 0.29) is 12.5 Å². The molecule has 0 aliphatic heterocycles. The molecule has 20 heavy (non-hydrogen) atoms. The molecule has 0 unspecified atom stereocenters. The van der Waals surface area contributed by atoms with Gasteiger partial charge in [0.05, 0.1) is 11.4 Å². The minimum absolute atomic E-state index is 0.105. The van der Waals surface area contributed by atoms with E-state index in [0.717, 1.165) is 12.8 Å². The van der Waals surface area contributed by atoms with Gasteiger partial charge in [-0.1, -0.05) is 20.8 Å². The lowest BCUT2D eigenvalue weighted by atomic mass is 9.72. The monoisotopic (exact) mass is 294 g/mol. The van der Waals surface area contributed by atoms with Gasteiger partial charge in [-0.25, -0.2) is 0 Å². The molecule has 4 nitrogen and oxygen atoms in total. The number of thiophene rings is 1. The normalized spacial score (nSPS) is 18.4. The van der Waals surface area contributed by atoms with E-state index in [2.05, 4.69) is 26.1 Å². The van der Waals surface area contributed by atoms with E-state index in [0.29, 0.717) is 16.2 Å². The molecule has 0 saturated carbocycles. The number of fused-ring (bicyclic) bond motifs is 1. The molecule has 0 aromatic carbocycles. The summed E-state index contributed by atoms with van der Waals surface area (Å²) in [6, 6.07) is 1.98. The van der Waals surface area contributed by atoms with Crippen molar-refractivity contribution in [3.05, 3.63) is 21.4 Å². The third kappa shape index (κ3) is 3.39. The number of primary amides is 1. The van der Waals surface area contributed by atoms with Crippen molar-refractivity contribution < 1.29 is 9.59 Å². The number of carbonyl (C=O) groups excluding carboxylic acids is 2. The maximum Gasteiger partial charge on any atom is 0.261 e. The van der Waals surface area contributed by atoms with Crippen molar-refractivity contribution in [1.29, 1.82) is 0 Å². The maximum atomic E-state index is 11.9. The molecule has 1 aliphatic rings. The molecule has 1 aromatic heterocycles. The molecule has 0 saturated heterocycles. The first-order valence-corrected chi connectivity index (χ1v) is 7.77. The van der Waals surface area contributed by atoms with Crippen LogP contribution in [0.3, 0.4) is 0 Å². The first-order chi connectivity index (χ1) is 9.27. The van der Waals surface area contributed by atoms with Gasteiger partial charge in [0.2, 0.25) is 5.91 Å². The van der Waals surface area contributed by atoms with Gasteiger partial charge in [-0.3, -0.25) is 9.59 Å². The van der Waals surface area contributed by atoms with Gasteiger partial charge < -0.3 is 11.1 Å². The molecule has 0 spiro atoms. The quantitative estimate of drug-likeness (QED) is 0.896. The first kappa shape index (κ1) is 15.0. The van der Waals surface area contributed by atoms with Gasteiger partial charge in [-0.15, -0.1) is 11.3 Å². The average molecular weight is 294 g/mol. The van der Waals surface area contributed by atoms with Crippen LogP contribution < -0.4 is 11.1 Å². The summed E-state index contributed by atoms with van der Waals surface area (Å²) in [5, 5.41) is 2.55. The molecule has 0 radical (unpaired) electrons. The Balaban J connectivity index is 2.09. The van der Waals surface area contributed by atoms with Crippen LogP contribution >= 0.6 is 11.3 Å². The Hall–Kier alpha value is -1.36. The fourth-order valence-corrected chi connectivity index (χ4v) is 3.75. The number of amides is 2. The standard InChI is InChI=1S/C15H22N2O2S/c1-15(2,3)10-4-5-11-9(6-10)7-12(20-11)14(19)17-8-13(16)18/h7,10H,4-6,8H2,1-3H3,(H2,16,18)(H,17,19)/t10-/m0/s1. The lowest BCUT2D eigenvalue weighted by molar-refractivity contribution is -0.117. The van der Waals surface area contributed by atoms with Crippen molar-refractivity contribution in [2.24, 2.45) is 17.1 Å². The fourth-order valence-electron chi connectivity index (χ4n) is 2.63. The molecule has 1 atom stereocenters. The van der Waals surface area contributed by atoms with Crippen LogP contribution in [-0.2, 0) is 17.6 Å². The number of hydrogen-bond acceptors (Lipinski definition) is 3. The minimum atomic E-state index is -0.521. The fraction of sp³-hybridized carbons (Fsp3) is 0.600. The lowest BCUT2D eigenvalue weighted by Gasteiger charge is -2.33. The Morgan fingerprint density at radius 1 is 1.45 bits per heavy atom. The summed E-state index contributed by atoms with van der Waals surface area (Å²) in [7, 11) is 0. The third-order valence-corrected chi connectivity index (χ3v) is 5.19. The Morgan fingerprint density at radius 2 is 2.15 bits per heavy atom. The molecule has 5 heteroatoms. The van der Waals surface area contributed by atoms with Crippen LogP contribution in [-0.4, -0.2) is 18.4 Å². The van der Waals surface area contributed by atoms with Gasteiger partial charge in [-0.05, 0) is 42.2 Å². The predicted molar refractivity (Wildman–Crippen MR) is 80.8 cm³/mol. The molecular weight excluding hydrogens is 272 g/mol. The summed E-state index contributed by atoms with van der Waals surface area (Å²) in [4.78, 5) is 24.6. The van der Waals surface area contributed by atoms with Crippen LogP contribution in [0.5, 0.6) is 0 Å². The molecule has 110 valence electrons. The number of nitrogens with two attached hydrogens (primary N) is 1. The zero-order chi connectivity index (χ0) is 14.9. The molecule has 0 bridgehead atoms. The van der Waals surface area contributed by atoms with Crippen molar-refractivity contribution >= 4 is 23.2 Å². The molecule has 0 fully saturated rings. The third-order valence-electron chi connectivity index (χ3n) is 3.95. The summed E-state index contributed by atoms with van der Waals surface area (Å²) in [6.45, 7) is 6.71. The van der Waals surface area contributed by atoms with E-state index in [4.69, 9.17) is 5.73 Å². The zero-order valence-corrected chi connectivity index (χ0v) is 13.1. The maximum absolute atomic E-state index is 11.9. The van der Waals surface area contributed by atoms with Crippen molar-refractivity contribution in [1.82, 2.24) is 5.32 Å². The summed E-state index contributed by atoms with van der Waals surface area (Å²) in [5.74, 6) is -0.0610. The molecule has 1 aliphatic carbocycles. The van der Waals surface area contributed by atoms with Crippen LogP contribution in [0.4, 0.5) is 0 Å². The largest absolute Gasteiger partial charge is 0.368 e. The van der Waals surface area contributed by atoms with Crippen LogP contribution in [0.1, 0.15) is 47.3 Å². The number of rotatable bonds is 3. The Morgan fingerprint density at radius 3 is 2.75 bits per heavy atom. The highest BCUT2D eigenvalue weighted by atomic mass is 32.1. The zero-order valence-electron chi connectivity index (χ0n) is 12.3. The van der Waals surface area contributed by atoms with Crippen molar-refractivity contribution in [2.45, 2.75) is 40.0 Å². The Labute approximate surface area is 123 Å². The predicted octanol–water partition coefficient (Wildman–Crippen LogP) is 2.11. The van der Waals surface area contributed by atoms with Gasteiger partial charge in [0.1, 0.15) is 0 Å². The van der Waals surface area contributed by atoms with Gasteiger partial charge in [-0.2, -0.15) is 0 Å². The molecular formula is C15H22N2O2S. The second-order valence-corrected chi connectivity index (χ2v) is 7.65. The second kappa shape index (κ2) is 5.56. The van der Waals surface area contributed by atoms with Crippen LogP contribution in [0, 0.1) is 11.3 Å². The van der Waals surface area contributed by atoms with Gasteiger partial charge >= 0.3 is 0 Å². The van der Waals surface area contributed by atoms with E-state index in [1.165, 1.54) is 16.9 Å². The minimum Gasteiger partial charge on any atom is -0.368 e. The number of carbonyl (C=O) groups is 2. The molecule has 2 amide bonds. The second-order valence-electron chi connectivity index (χ2n) is 6.51. The molecule has 3 N–H and O–H groups in total. The highest BCUT2D eigenvalue weighted by Gasteiger charge is 2.30. The summed E-state index contributed by atoms with van der Waals surface area (Å²) >= 11 is 1.54. The van der Waals surface area contributed by atoms with Gasteiger partial charge in [0, 0.05) is 4.88 Å². The highest BCUT2D eigenvalue weighted by molar-refractivity contribution is 7.14. The smallest absolute Gasteiger partial charge is 0.261 e. The van der Waals surface area contributed by atoms with E-state index in [1.807, 2.05) is 6.07 Å². The molecule has 2 rings (SSSR count). The van der Waals surface area contributed by atoms with E-state index >= 15 is 0 Å². The van der Waals surface area contributed by atoms with E-state index in [9.17, 15) is 9.59 Å². The van der Waals surface area contributed by atoms with Crippen LogP contribution in [0.25, 0.3) is 0 Å². The summed E-state index contributed by atoms with van der Waals surface area (Å²) < 4.78 is 0. The highest BCUT2D eigenvalue weighted by Crippen LogP contribution is 2.39. The van der Waals surface area contributed by atoms with Crippen molar-refractivity contribution in [2.75, 3.05) is 6.54 Å². The topological polar surface area (TPSA) is 72.2 Å². The Kier molecular flexibility index (Phi) is 4.18.